The molecule has 0 aliphatic carbocycles. The maximum absolute atomic E-state index is 13.4. The van der Waals surface area contributed by atoms with Gasteiger partial charge in [-0.15, -0.1) is 12.4 Å². The van der Waals surface area contributed by atoms with Crippen LogP contribution in [-0.4, -0.2) is 31.3 Å². The second-order valence-corrected chi connectivity index (χ2v) is 6.08. The molecule has 1 fully saturated rings. The van der Waals surface area contributed by atoms with Crippen LogP contribution in [0.2, 0.25) is 0 Å². The first-order valence-electron chi connectivity index (χ1n) is 7.07. The number of piperidine rings is 1. The Morgan fingerprint density at radius 3 is 2.95 bits per heavy atom. The van der Waals surface area contributed by atoms with Crippen molar-refractivity contribution in [2.45, 2.75) is 18.6 Å². The summed E-state index contributed by atoms with van der Waals surface area (Å²) >= 11 is 1.64. The summed E-state index contributed by atoms with van der Waals surface area (Å²) in [6.45, 7) is 2.45. The van der Waals surface area contributed by atoms with Crippen molar-refractivity contribution in [3.8, 4) is 0 Å². The number of halogens is 2. The summed E-state index contributed by atoms with van der Waals surface area (Å²) in [7, 11) is 0. The lowest BCUT2D eigenvalue weighted by molar-refractivity contribution is -0.125. The number of amides is 1. The first kappa shape index (κ1) is 18.3. The van der Waals surface area contributed by atoms with Gasteiger partial charge in [0, 0.05) is 24.6 Å². The van der Waals surface area contributed by atoms with E-state index in [1.807, 2.05) is 6.07 Å². The van der Waals surface area contributed by atoms with Crippen LogP contribution in [0.1, 0.15) is 18.4 Å². The molecule has 0 radical (unpaired) electrons. The molecule has 118 valence electrons. The average molecular weight is 333 g/mol. The number of nitrogens with one attached hydrogen (secondary N) is 2. The zero-order valence-electron chi connectivity index (χ0n) is 11.9. The Hall–Kier alpha value is -0.780. The number of hydrogen-bond acceptors (Lipinski definition) is 3. The van der Waals surface area contributed by atoms with Gasteiger partial charge >= 0.3 is 0 Å². The topological polar surface area (TPSA) is 41.1 Å². The van der Waals surface area contributed by atoms with Gasteiger partial charge < -0.3 is 10.6 Å². The molecule has 2 N–H and O–H groups in total. The van der Waals surface area contributed by atoms with Crippen molar-refractivity contribution in [3.63, 3.8) is 0 Å². The van der Waals surface area contributed by atoms with Gasteiger partial charge in [-0.25, -0.2) is 4.39 Å². The minimum Gasteiger partial charge on any atom is -0.355 e. The third-order valence-electron chi connectivity index (χ3n) is 3.43. The highest BCUT2D eigenvalue weighted by atomic mass is 35.5. The molecule has 3 nitrogen and oxygen atoms in total. The van der Waals surface area contributed by atoms with Crippen LogP contribution < -0.4 is 10.6 Å². The third-order valence-corrected chi connectivity index (χ3v) is 4.44. The smallest absolute Gasteiger partial charge is 0.224 e. The monoisotopic (exact) mass is 332 g/mol. The second kappa shape index (κ2) is 10.0. The Balaban J connectivity index is 0.00000220. The number of hydrogen-bond donors (Lipinski definition) is 2. The summed E-state index contributed by atoms with van der Waals surface area (Å²) in [5, 5.41) is 6.20. The second-order valence-electron chi connectivity index (χ2n) is 4.98. The number of benzene rings is 1. The van der Waals surface area contributed by atoms with Crippen molar-refractivity contribution >= 4 is 30.1 Å². The van der Waals surface area contributed by atoms with Crippen LogP contribution in [0.4, 0.5) is 4.39 Å². The summed E-state index contributed by atoms with van der Waals surface area (Å²) in [5.74, 6) is 1.55. The van der Waals surface area contributed by atoms with E-state index in [4.69, 9.17) is 0 Å². The Morgan fingerprint density at radius 2 is 2.24 bits per heavy atom. The molecule has 1 saturated heterocycles. The van der Waals surface area contributed by atoms with E-state index < -0.39 is 0 Å². The fourth-order valence-corrected chi connectivity index (χ4v) is 3.11. The van der Waals surface area contributed by atoms with Crippen molar-refractivity contribution < 1.29 is 9.18 Å². The third kappa shape index (κ3) is 6.24. The SMILES string of the molecule is Cl.O=C(NCCSCc1ccccc1F)C1CCCNC1. The van der Waals surface area contributed by atoms with Gasteiger partial charge in [-0.1, -0.05) is 18.2 Å². The van der Waals surface area contributed by atoms with Crippen molar-refractivity contribution in [1.82, 2.24) is 10.6 Å². The highest BCUT2D eigenvalue weighted by Gasteiger charge is 2.19. The number of carbonyl (C=O) groups excluding carboxylic acids is 1. The molecule has 0 saturated carbocycles. The molecular weight excluding hydrogens is 311 g/mol. The number of carbonyl (C=O) groups is 1. The lowest BCUT2D eigenvalue weighted by Crippen LogP contribution is -2.41. The molecule has 1 aromatic carbocycles. The van der Waals surface area contributed by atoms with E-state index >= 15 is 0 Å². The summed E-state index contributed by atoms with van der Waals surface area (Å²) < 4.78 is 13.4. The number of thioether (sulfide) groups is 1. The van der Waals surface area contributed by atoms with E-state index in [1.54, 1.807) is 23.9 Å². The Bertz CT molecular complexity index is 441. The molecule has 0 bridgehead atoms. The summed E-state index contributed by atoms with van der Waals surface area (Å²) in [6.07, 6.45) is 2.04. The molecule has 1 heterocycles. The zero-order valence-corrected chi connectivity index (χ0v) is 13.6. The summed E-state index contributed by atoms with van der Waals surface area (Å²) in [5.41, 5.74) is 0.723. The van der Waals surface area contributed by atoms with Crippen LogP contribution in [0.15, 0.2) is 24.3 Å². The standard InChI is InChI=1S/C15H21FN2OS.ClH/c16-14-6-2-1-4-13(14)11-20-9-8-18-15(19)12-5-3-7-17-10-12;/h1-2,4,6,12,17H,3,5,7-11H2,(H,18,19);1H. The maximum Gasteiger partial charge on any atom is 0.224 e. The van der Waals surface area contributed by atoms with E-state index in [2.05, 4.69) is 10.6 Å². The minimum absolute atomic E-state index is 0. The van der Waals surface area contributed by atoms with E-state index in [0.29, 0.717) is 12.3 Å². The van der Waals surface area contributed by atoms with Gasteiger partial charge in [0.05, 0.1) is 5.92 Å². The van der Waals surface area contributed by atoms with Crippen molar-refractivity contribution in [2.24, 2.45) is 5.92 Å². The van der Waals surface area contributed by atoms with Crippen molar-refractivity contribution in [3.05, 3.63) is 35.6 Å². The highest BCUT2D eigenvalue weighted by Crippen LogP contribution is 2.15. The summed E-state index contributed by atoms with van der Waals surface area (Å²) in [4.78, 5) is 11.9. The van der Waals surface area contributed by atoms with Crippen LogP contribution in [0.25, 0.3) is 0 Å². The first-order chi connectivity index (χ1) is 9.77. The largest absolute Gasteiger partial charge is 0.355 e. The fourth-order valence-electron chi connectivity index (χ4n) is 2.26. The van der Waals surface area contributed by atoms with Crippen molar-refractivity contribution in [1.29, 1.82) is 0 Å². The molecule has 1 unspecified atom stereocenters. The van der Waals surface area contributed by atoms with Crippen LogP contribution in [0.5, 0.6) is 0 Å². The Labute approximate surface area is 135 Å². The highest BCUT2D eigenvalue weighted by molar-refractivity contribution is 7.98. The summed E-state index contributed by atoms with van der Waals surface area (Å²) in [6, 6.07) is 6.82. The molecule has 1 aliphatic heterocycles. The fraction of sp³-hybridized carbons (Fsp3) is 0.533. The normalized spacial score (nSPS) is 17.9. The molecule has 6 heteroatoms. The Kier molecular flexibility index (Phi) is 8.73. The molecule has 1 amide bonds. The van der Waals surface area contributed by atoms with Gasteiger partial charge in [-0.05, 0) is 31.0 Å². The maximum atomic E-state index is 13.4. The van der Waals surface area contributed by atoms with E-state index in [9.17, 15) is 9.18 Å². The van der Waals surface area contributed by atoms with Gasteiger partial charge in [0.25, 0.3) is 0 Å². The molecule has 0 spiro atoms. The van der Waals surface area contributed by atoms with E-state index in [0.717, 1.165) is 37.2 Å². The van der Waals surface area contributed by atoms with Crippen LogP contribution in [0.3, 0.4) is 0 Å². The quantitative estimate of drug-likeness (QED) is 0.787. The van der Waals surface area contributed by atoms with Gasteiger partial charge in [-0.2, -0.15) is 11.8 Å². The van der Waals surface area contributed by atoms with Crippen LogP contribution in [0, 0.1) is 11.7 Å². The van der Waals surface area contributed by atoms with Crippen molar-refractivity contribution in [2.75, 3.05) is 25.4 Å². The lowest BCUT2D eigenvalue weighted by atomic mass is 9.99. The molecule has 1 atom stereocenters. The van der Waals surface area contributed by atoms with Gasteiger partial charge in [0.15, 0.2) is 0 Å². The molecular formula is C15H22ClFN2OS. The van der Waals surface area contributed by atoms with E-state index in [-0.39, 0.29) is 30.0 Å². The predicted molar refractivity (Wildman–Crippen MR) is 88.4 cm³/mol. The molecule has 2 rings (SSSR count). The molecule has 1 aliphatic rings. The van der Waals surface area contributed by atoms with Crippen LogP contribution >= 0.6 is 24.2 Å². The zero-order chi connectivity index (χ0) is 14.2. The lowest BCUT2D eigenvalue weighted by Gasteiger charge is -2.21. The predicted octanol–water partition coefficient (Wildman–Crippen LogP) is 2.60. The molecule has 0 aromatic heterocycles. The van der Waals surface area contributed by atoms with Gasteiger partial charge in [0.1, 0.15) is 5.82 Å². The minimum atomic E-state index is -0.155. The van der Waals surface area contributed by atoms with Crippen LogP contribution in [-0.2, 0) is 10.5 Å². The van der Waals surface area contributed by atoms with Gasteiger partial charge in [0.2, 0.25) is 5.91 Å². The molecule has 1 aromatic rings. The Morgan fingerprint density at radius 1 is 1.43 bits per heavy atom. The van der Waals surface area contributed by atoms with Gasteiger partial charge in [-0.3, -0.25) is 4.79 Å². The average Bonchev–Trinajstić information content (AvgIpc) is 2.49. The first-order valence-corrected chi connectivity index (χ1v) is 8.22. The van der Waals surface area contributed by atoms with E-state index in [1.165, 1.54) is 6.07 Å². The number of rotatable bonds is 6. The molecule has 21 heavy (non-hydrogen) atoms.